The van der Waals surface area contributed by atoms with E-state index in [0.29, 0.717) is 94.1 Å². The van der Waals surface area contributed by atoms with Crippen molar-refractivity contribution in [3.63, 3.8) is 0 Å². The lowest BCUT2D eigenvalue weighted by Gasteiger charge is -2.30. The molecule has 2 aromatic heterocycles. The van der Waals surface area contributed by atoms with Crippen LogP contribution in [0.5, 0.6) is 11.5 Å². The van der Waals surface area contributed by atoms with Gasteiger partial charge in [0.2, 0.25) is 35.0 Å². The molecule has 18 heteroatoms. The van der Waals surface area contributed by atoms with E-state index in [9.17, 15) is 0 Å². The highest BCUT2D eigenvalue weighted by atomic mass is 35.5. The number of nitrogens with one attached hydrogen (secondary N) is 1. The molecule has 4 aliphatic rings. The molecule has 6 heterocycles. The first kappa shape index (κ1) is 33.9. The third-order valence-electron chi connectivity index (χ3n) is 8.03. The second-order valence-electron chi connectivity index (χ2n) is 11.1. The van der Waals surface area contributed by atoms with Crippen molar-refractivity contribution in [3.8, 4) is 11.5 Å². The summed E-state index contributed by atoms with van der Waals surface area (Å²) in [4.78, 5) is 35.3. The Morgan fingerprint density at radius 3 is 1.33 bits per heavy atom. The maximum absolute atomic E-state index is 6.01. The molecule has 0 aliphatic carbocycles. The Kier molecular flexibility index (Phi) is 11.9. The van der Waals surface area contributed by atoms with Crippen LogP contribution in [-0.2, 0) is 18.9 Å². The largest absolute Gasteiger partial charge is 0.497 e. The van der Waals surface area contributed by atoms with E-state index in [2.05, 4.69) is 49.8 Å². The van der Waals surface area contributed by atoms with Crippen molar-refractivity contribution in [2.75, 3.05) is 144 Å². The molecule has 0 spiro atoms. The fourth-order valence-electron chi connectivity index (χ4n) is 5.38. The van der Waals surface area contributed by atoms with E-state index in [-0.39, 0.29) is 5.28 Å². The lowest BCUT2D eigenvalue weighted by atomic mass is 10.2. The zero-order chi connectivity index (χ0) is 33.1. The topological polar surface area (TPSA) is 158 Å². The molecule has 4 fully saturated rings. The summed E-state index contributed by atoms with van der Waals surface area (Å²) < 4.78 is 32.3. The number of hydrogen-bond acceptors (Lipinski definition) is 17. The van der Waals surface area contributed by atoms with Gasteiger partial charge >= 0.3 is 0 Å². The summed E-state index contributed by atoms with van der Waals surface area (Å²) >= 11 is 6.01. The SMILES string of the molecule is COc1ccc(Nc2nc(N3CCOCC3)nc(N3CCOCC3)n2)c(OC)c1.Clc1nc(N2CCOCC2)nc(N2CCOCC2)n1. The van der Waals surface area contributed by atoms with Gasteiger partial charge in [-0.1, -0.05) is 0 Å². The molecule has 17 nitrogen and oxygen atoms in total. The average molecular weight is 688 g/mol. The van der Waals surface area contributed by atoms with Crippen LogP contribution in [0.25, 0.3) is 0 Å². The first-order valence-electron chi connectivity index (χ1n) is 16.1. The number of halogens is 1. The Hall–Kier alpha value is -4.03. The quantitative estimate of drug-likeness (QED) is 0.363. The summed E-state index contributed by atoms with van der Waals surface area (Å²) in [5, 5.41) is 3.51. The summed E-state index contributed by atoms with van der Waals surface area (Å²) in [5.74, 6) is 4.36. The summed E-state index contributed by atoms with van der Waals surface area (Å²) in [6.45, 7) is 11.5. The zero-order valence-electron chi connectivity index (χ0n) is 27.3. The Balaban J connectivity index is 0.000000182. The van der Waals surface area contributed by atoms with Crippen molar-refractivity contribution in [3.05, 3.63) is 23.5 Å². The smallest absolute Gasteiger partial charge is 0.233 e. The first-order valence-corrected chi connectivity index (χ1v) is 16.4. The molecule has 0 saturated carbocycles. The number of morpholine rings is 4. The number of rotatable bonds is 8. The average Bonchev–Trinajstić information content (AvgIpc) is 3.16. The molecule has 48 heavy (non-hydrogen) atoms. The van der Waals surface area contributed by atoms with E-state index in [1.165, 1.54) is 0 Å². The van der Waals surface area contributed by atoms with Crippen LogP contribution in [0.1, 0.15) is 0 Å². The molecule has 1 aromatic carbocycles. The molecule has 0 bridgehead atoms. The second kappa shape index (κ2) is 16.9. The van der Waals surface area contributed by atoms with Gasteiger partial charge in [0.15, 0.2) is 0 Å². The van der Waals surface area contributed by atoms with Gasteiger partial charge in [0.1, 0.15) is 11.5 Å². The van der Waals surface area contributed by atoms with Crippen molar-refractivity contribution >= 4 is 47.0 Å². The Labute approximate surface area is 284 Å². The van der Waals surface area contributed by atoms with Gasteiger partial charge in [-0.15, -0.1) is 0 Å². The molecule has 1 N–H and O–H groups in total. The molecular formula is C30H42ClN11O6. The van der Waals surface area contributed by atoms with Crippen LogP contribution in [0, 0.1) is 0 Å². The van der Waals surface area contributed by atoms with E-state index in [4.69, 9.17) is 45.0 Å². The third kappa shape index (κ3) is 8.90. The third-order valence-corrected chi connectivity index (χ3v) is 8.20. The van der Waals surface area contributed by atoms with E-state index in [1.54, 1.807) is 14.2 Å². The first-order chi connectivity index (χ1) is 23.6. The number of hydrogen-bond donors (Lipinski definition) is 1. The highest BCUT2D eigenvalue weighted by Gasteiger charge is 2.22. The summed E-state index contributed by atoms with van der Waals surface area (Å²) in [5.41, 5.74) is 0.750. The summed E-state index contributed by atoms with van der Waals surface area (Å²) in [7, 11) is 3.24. The maximum atomic E-state index is 6.01. The minimum atomic E-state index is 0.234. The molecule has 4 saturated heterocycles. The fraction of sp³-hybridized carbons (Fsp3) is 0.600. The van der Waals surface area contributed by atoms with Crippen molar-refractivity contribution in [2.45, 2.75) is 0 Å². The van der Waals surface area contributed by atoms with Gasteiger partial charge in [0, 0.05) is 58.4 Å². The molecular weight excluding hydrogens is 646 g/mol. The lowest BCUT2D eigenvalue weighted by Crippen LogP contribution is -2.40. The minimum Gasteiger partial charge on any atom is -0.497 e. The predicted octanol–water partition coefficient (Wildman–Crippen LogP) is 1.50. The van der Waals surface area contributed by atoms with Gasteiger partial charge < -0.3 is 53.3 Å². The fourth-order valence-corrected chi connectivity index (χ4v) is 5.53. The molecule has 260 valence electrons. The number of methoxy groups -OCH3 is 2. The Morgan fingerprint density at radius 1 is 0.562 bits per heavy atom. The number of aromatic nitrogens is 6. The van der Waals surface area contributed by atoms with Crippen LogP contribution in [0.2, 0.25) is 5.28 Å². The van der Waals surface area contributed by atoms with Crippen LogP contribution in [0.3, 0.4) is 0 Å². The van der Waals surface area contributed by atoms with Crippen LogP contribution in [-0.4, -0.2) is 149 Å². The van der Waals surface area contributed by atoms with E-state index < -0.39 is 0 Å². The molecule has 7 rings (SSSR count). The van der Waals surface area contributed by atoms with Crippen LogP contribution in [0.15, 0.2) is 18.2 Å². The standard InChI is InChI=1S/C19H26N6O4.C11H16ClN5O2/c1-26-14-3-4-15(16(13-14)27-2)20-17-21-18(24-5-9-28-10-6-24)23-19(22-17)25-7-11-29-12-8-25;12-9-13-10(16-1-5-18-6-2-16)15-11(14-9)17-3-7-19-8-4-17/h3-4,13H,5-12H2,1-2H3,(H,20,21,22,23);1-8H2. The van der Waals surface area contributed by atoms with Gasteiger partial charge in [0.05, 0.1) is 72.8 Å². The van der Waals surface area contributed by atoms with Crippen molar-refractivity contribution < 1.29 is 28.4 Å². The van der Waals surface area contributed by atoms with E-state index in [0.717, 1.165) is 58.0 Å². The van der Waals surface area contributed by atoms with Crippen molar-refractivity contribution in [2.24, 2.45) is 0 Å². The number of ether oxygens (including phenoxy) is 6. The number of benzene rings is 1. The number of anilines is 6. The normalized spacial score (nSPS) is 18.6. The lowest BCUT2D eigenvalue weighted by molar-refractivity contribution is 0.121. The highest BCUT2D eigenvalue weighted by molar-refractivity contribution is 6.28. The minimum absolute atomic E-state index is 0.234. The molecule has 0 unspecified atom stereocenters. The molecule has 0 amide bonds. The summed E-state index contributed by atoms with van der Waals surface area (Å²) in [6, 6.07) is 5.55. The molecule has 0 radical (unpaired) electrons. The van der Waals surface area contributed by atoms with Crippen molar-refractivity contribution in [1.29, 1.82) is 0 Å². The second-order valence-corrected chi connectivity index (χ2v) is 11.4. The highest BCUT2D eigenvalue weighted by Crippen LogP contribution is 2.31. The van der Waals surface area contributed by atoms with Crippen LogP contribution < -0.4 is 34.4 Å². The van der Waals surface area contributed by atoms with Gasteiger partial charge in [-0.25, -0.2) is 0 Å². The van der Waals surface area contributed by atoms with E-state index in [1.807, 2.05) is 18.2 Å². The van der Waals surface area contributed by atoms with E-state index >= 15 is 0 Å². The van der Waals surface area contributed by atoms with Crippen LogP contribution >= 0.6 is 11.6 Å². The predicted molar refractivity (Wildman–Crippen MR) is 180 cm³/mol. The monoisotopic (exact) mass is 687 g/mol. The van der Waals surface area contributed by atoms with Gasteiger partial charge in [0.25, 0.3) is 0 Å². The van der Waals surface area contributed by atoms with Crippen molar-refractivity contribution in [1.82, 2.24) is 29.9 Å². The Morgan fingerprint density at radius 2 is 0.958 bits per heavy atom. The maximum Gasteiger partial charge on any atom is 0.233 e. The van der Waals surface area contributed by atoms with Crippen LogP contribution in [0.4, 0.5) is 35.4 Å². The molecule has 3 aromatic rings. The summed E-state index contributed by atoms with van der Waals surface area (Å²) in [6.07, 6.45) is 0. The Bertz CT molecular complexity index is 1400. The van der Waals surface area contributed by atoms with Gasteiger partial charge in [-0.3, -0.25) is 0 Å². The molecule has 4 aliphatic heterocycles. The van der Waals surface area contributed by atoms with Gasteiger partial charge in [-0.05, 0) is 23.7 Å². The van der Waals surface area contributed by atoms with Gasteiger partial charge in [-0.2, -0.15) is 29.9 Å². The zero-order valence-corrected chi connectivity index (χ0v) is 28.1. The molecule has 0 atom stereocenters. The number of nitrogens with zero attached hydrogens (tertiary/aromatic N) is 10.